The number of alkyl halides is 2. The zero-order chi connectivity index (χ0) is 14.2. The zero-order valence-electron chi connectivity index (χ0n) is 10.4. The molecule has 0 spiro atoms. The van der Waals surface area contributed by atoms with Crippen molar-refractivity contribution >= 4 is 21.8 Å². The van der Waals surface area contributed by atoms with Gasteiger partial charge in [-0.3, -0.25) is 4.79 Å². The van der Waals surface area contributed by atoms with Gasteiger partial charge >= 0.3 is 0 Å². The minimum absolute atomic E-state index is 0.0904. The van der Waals surface area contributed by atoms with Gasteiger partial charge in [0.1, 0.15) is 5.82 Å². The molecule has 1 aliphatic rings. The van der Waals surface area contributed by atoms with E-state index < -0.39 is 24.2 Å². The lowest BCUT2D eigenvalue weighted by Crippen LogP contribution is -2.45. The molecule has 0 saturated carbocycles. The van der Waals surface area contributed by atoms with E-state index >= 15 is 0 Å². The summed E-state index contributed by atoms with van der Waals surface area (Å²) in [6, 6.07) is 2.56. The van der Waals surface area contributed by atoms with Gasteiger partial charge in [-0.15, -0.1) is 0 Å². The Morgan fingerprint density at radius 1 is 1.42 bits per heavy atom. The Morgan fingerprint density at radius 3 is 2.68 bits per heavy atom. The Hall–Kier alpha value is -1.04. The number of amides is 1. The Morgan fingerprint density at radius 2 is 2.11 bits per heavy atom. The first-order valence-corrected chi connectivity index (χ1v) is 6.72. The molecule has 2 rings (SSSR count). The highest BCUT2D eigenvalue weighted by molar-refractivity contribution is 9.10. The molecule has 0 bridgehead atoms. The average molecular weight is 336 g/mol. The van der Waals surface area contributed by atoms with Gasteiger partial charge in [-0.25, -0.2) is 13.2 Å². The van der Waals surface area contributed by atoms with E-state index in [1.807, 2.05) is 0 Å². The molecule has 19 heavy (non-hydrogen) atoms. The molecule has 0 aliphatic carbocycles. The van der Waals surface area contributed by atoms with Crippen molar-refractivity contribution in [3.63, 3.8) is 0 Å². The fourth-order valence-electron chi connectivity index (χ4n) is 2.09. The number of nitrogens with zero attached hydrogens (tertiary/aromatic N) is 1. The van der Waals surface area contributed by atoms with Gasteiger partial charge in [0, 0.05) is 23.0 Å². The summed E-state index contributed by atoms with van der Waals surface area (Å²) in [6.45, 7) is 1.25. The number of hydrogen-bond donors (Lipinski definition) is 0. The molecule has 1 aromatic carbocycles. The maximum atomic E-state index is 13.6. The summed E-state index contributed by atoms with van der Waals surface area (Å²) in [5.41, 5.74) is 0.480. The van der Waals surface area contributed by atoms with E-state index in [0.29, 0.717) is 10.0 Å². The van der Waals surface area contributed by atoms with Gasteiger partial charge < -0.3 is 4.90 Å². The van der Waals surface area contributed by atoms with Gasteiger partial charge in [0.05, 0.1) is 6.54 Å². The molecule has 1 aliphatic heterocycles. The van der Waals surface area contributed by atoms with E-state index in [0.717, 1.165) is 11.0 Å². The quantitative estimate of drug-likeness (QED) is 0.765. The van der Waals surface area contributed by atoms with Crippen molar-refractivity contribution in [2.24, 2.45) is 0 Å². The highest BCUT2D eigenvalue weighted by Gasteiger charge is 2.37. The number of likely N-dealkylation sites (tertiary alicyclic amines) is 1. The number of carbonyl (C=O) groups excluding carboxylic acids is 1. The smallest absolute Gasteiger partial charge is 0.265 e. The number of hydrogen-bond acceptors (Lipinski definition) is 1. The molecule has 1 amide bonds. The van der Waals surface area contributed by atoms with Crippen LogP contribution in [0.2, 0.25) is 0 Å². The maximum Gasteiger partial charge on any atom is 0.265 e. The van der Waals surface area contributed by atoms with Crippen molar-refractivity contribution in [3.8, 4) is 0 Å². The van der Waals surface area contributed by atoms with Crippen LogP contribution >= 0.6 is 15.9 Å². The number of rotatable bonds is 1. The van der Waals surface area contributed by atoms with Gasteiger partial charge in [0.2, 0.25) is 0 Å². The summed E-state index contributed by atoms with van der Waals surface area (Å²) >= 11 is 3.15. The third-order valence-corrected chi connectivity index (χ3v) is 4.03. The van der Waals surface area contributed by atoms with Crippen molar-refractivity contribution in [1.82, 2.24) is 4.90 Å². The van der Waals surface area contributed by atoms with E-state index in [1.54, 1.807) is 6.92 Å². The van der Waals surface area contributed by atoms with Crippen LogP contribution in [-0.4, -0.2) is 29.8 Å². The van der Waals surface area contributed by atoms with E-state index in [2.05, 4.69) is 15.9 Å². The van der Waals surface area contributed by atoms with E-state index in [-0.39, 0.29) is 24.9 Å². The molecule has 0 atom stereocenters. The Bertz CT molecular complexity index is 496. The summed E-state index contributed by atoms with van der Waals surface area (Å²) in [4.78, 5) is 13.2. The average Bonchev–Trinajstić information content (AvgIpc) is 2.33. The van der Waals surface area contributed by atoms with E-state index in [1.165, 1.54) is 6.07 Å². The fraction of sp³-hybridized carbons (Fsp3) is 0.462. The number of halogens is 4. The molecule has 104 valence electrons. The van der Waals surface area contributed by atoms with Gasteiger partial charge in [0.15, 0.2) is 0 Å². The van der Waals surface area contributed by atoms with E-state index in [9.17, 15) is 18.0 Å². The molecular weight excluding hydrogens is 323 g/mol. The van der Waals surface area contributed by atoms with Gasteiger partial charge in [-0.2, -0.15) is 0 Å². The van der Waals surface area contributed by atoms with Crippen molar-refractivity contribution < 1.29 is 18.0 Å². The lowest BCUT2D eigenvalue weighted by Gasteiger charge is -2.32. The summed E-state index contributed by atoms with van der Waals surface area (Å²) < 4.78 is 40.6. The van der Waals surface area contributed by atoms with Crippen molar-refractivity contribution in [2.75, 3.05) is 13.1 Å². The number of piperidine rings is 1. The van der Waals surface area contributed by atoms with Crippen LogP contribution in [0, 0.1) is 12.7 Å². The second-order valence-electron chi connectivity index (χ2n) is 4.75. The third-order valence-electron chi connectivity index (χ3n) is 3.21. The minimum atomic E-state index is -2.85. The predicted molar refractivity (Wildman–Crippen MR) is 68.9 cm³/mol. The molecule has 1 saturated heterocycles. The Labute approximate surface area is 117 Å². The standard InChI is InChI=1S/C13H13BrF3NO/c1-8-10(14)5-9(6-11(8)15)12(19)18-4-2-3-13(16,17)7-18/h5-6H,2-4,7H2,1H3. The third kappa shape index (κ3) is 3.11. The first-order valence-electron chi connectivity index (χ1n) is 5.93. The normalized spacial score (nSPS) is 18.5. The van der Waals surface area contributed by atoms with Gasteiger partial charge in [-0.05, 0) is 31.0 Å². The van der Waals surface area contributed by atoms with Gasteiger partial charge in [-0.1, -0.05) is 15.9 Å². The number of carbonyl (C=O) groups is 1. The molecule has 0 unspecified atom stereocenters. The molecule has 6 heteroatoms. The van der Waals surface area contributed by atoms with Crippen molar-refractivity contribution in [2.45, 2.75) is 25.7 Å². The molecule has 0 radical (unpaired) electrons. The van der Waals surface area contributed by atoms with Crippen LogP contribution in [0.3, 0.4) is 0 Å². The predicted octanol–water partition coefficient (Wildman–Crippen LogP) is 3.77. The molecule has 0 N–H and O–H groups in total. The van der Waals surface area contributed by atoms with Gasteiger partial charge in [0.25, 0.3) is 11.8 Å². The topological polar surface area (TPSA) is 20.3 Å². The van der Waals surface area contributed by atoms with Crippen LogP contribution in [0.1, 0.15) is 28.8 Å². The highest BCUT2D eigenvalue weighted by atomic mass is 79.9. The molecule has 0 aromatic heterocycles. The van der Waals surface area contributed by atoms with Crippen LogP contribution in [0.4, 0.5) is 13.2 Å². The summed E-state index contributed by atoms with van der Waals surface area (Å²) in [7, 11) is 0. The largest absolute Gasteiger partial charge is 0.333 e. The Kier molecular flexibility index (Phi) is 3.90. The second-order valence-corrected chi connectivity index (χ2v) is 5.61. The lowest BCUT2D eigenvalue weighted by atomic mass is 10.1. The minimum Gasteiger partial charge on any atom is -0.333 e. The zero-order valence-corrected chi connectivity index (χ0v) is 11.9. The first kappa shape index (κ1) is 14.4. The van der Waals surface area contributed by atoms with E-state index in [4.69, 9.17) is 0 Å². The highest BCUT2D eigenvalue weighted by Crippen LogP contribution is 2.28. The second kappa shape index (κ2) is 5.15. The van der Waals surface area contributed by atoms with Crippen molar-refractivity contribution in [3.05, 3.63) is 33.5 Å². The summed E-state index contributed by atoms with van der Waals surface area (Å²) in [5.74, 6) is -3.94. The van der Waals surface area contributed by atoms with Crippen LogP contribution in [0.5, 0.6) is 0 Å². The molecular formula is C13H13BrF3NO. The van der Waals surface area contributed by atoms with Crippen LogP contribution in [0.25, 0.3) is 0 Å². The molecule has 1 heterocycles. The monoisotopic (exact) mass is 335 g/mol. The van der Waals surface area contributed by atoms with Crippen molar-refractivity contribution in [1.29, 1.82) is 0 Å². The van der Waals surface area contributed by atoms with Crippen LogP contribution < -0.4 is 0 Å². The van der Waals surface area contributed by atoms with Crippen LogP contribution in [0.15, 0.2) is 16.6 Å². The van der Waals surface area contributed by atoms with Crippen LogP contribution in [-0.2, 0) is 0 Å². The molecule has 1 aromatic rings. The number of benzene rings is 1. The SMILES string of the molecule is Cc1c(F)cc(C(=O)N2CCCC(F)(F)C2)cc1Br. The Balaban J connectivity index is 2.25. The fourth-order valence-corrected chi connectivity index (χ4v) is 2.53. The molecule has 2 nitrogen and oxygen atoms in total. The summed E-state index contributed by atoms with van der Waals surface area (Å²) in [5, 5.41) is 0. The lowest BCUT2D eigenvalue weighted by molar-refractivity contribution is -0.0560. The molecule has 1 fully saturated rings. The maximum absolute atomic E-state index is 13.6. The first-order chi connectivity index (χ1) is 8.80. The summed E-state index contributed by atoms with van der Waals surface area (Å²) in [6.07, 6.45) is 0.0526.